The molecule has 1 saturated heterocycles. The fraction of sp³-hybridized carbons (Fsp3) is 0.375. The molecule has 148 valence electrons. The molecule has 1 aliphatic heterocycles. The third-order valence-corrected chi connectivity index (χ3v) is 5.42. The summed E-state index contributed by atoms with van der Waals surface area (Å²) >= 11 is 0. The third kappa shape index (κ3) is 5.46. The minimum absolute atomic E-state index is 0.195. The van der Waals surface area contributed by atoms with Crippen LogP contribution in [0.4, 0.5) is 0 Å². The van der Waals surface area contributed by atoms with Crippen LogP contribution in [0.15, 0.2) is 66.7 Å². The Morgan fingerprint density at radius 2 is 2.00 bits per heavy atom. The fourth-order valence-electron chi connectivity index (χ4n) is 4.07. The van der Waals surface area contributed by atoms with E-state index in [0.29, 0.717) is 18.4 Å². The SMILES string of the molecule is COc1cccc(C2C(C/C=C\CCC(=O)O)CCN2Cc2ccccc2)c1. The Labute approximate surface area is 167 Å². The maximum absolute atomic E-state index is 10.7. The number of ether oxygens (including phenoxy) is 1. The third-order valence-electron chi connectivity index (χ3n) is 5.42. The topological polar surface area (TPSA) is 49.8 Å². The summed E-state index contributed by atoms with van der Waals surface area (Å²) in [6.45, 7) is 1.99. The van der Waals surface area contributed by atoms with Crippen molar-refractivity contribution in [3.63, 3.8) is 0 Å². The van der Waals surface area contributed by atoms with Crippen LogP contribution in [0.1, 0.15) is 42.9 Å². The number of methoxy groups -OCH3 is 1. The molecule has 2 aromatic carbocycles. The molecule has 28 heavy (non-hydrogen) atoms. The van der Waals surface area contributed by atoms with E-state index in [1.807, 2.05) is 12.1 Å². The van der Waals surface area contributed by atoms with Crippen molar-refractivity contribution < 1.29 is 14.6 Å². The van der Waals surface area contributed by atoms with Crippen molar-refractivity contribution in [3.8, 4) is 5.75 Å². The Hall–Kier alpha value is -2.59. The maximum atomic E-state index is 10.7. The van der Waals surface area contributed by atoms with Gasteiger partial charge in [0.25, 0.3) is 0 Å². The first kappa shape index (κ1) is 20.2. The van der Waals surface area contributed by atoms with Gasteiger partial charge in [-0.3, -0.25) is 9.69 Å². The molecule has 0 aromatic heterocycles. The molecular formula is C24H29NO3. The Bertz CT molecular complexity index is 787. The highest BCUT2D eigenvalue weighted by Gasteiger charge is 2.34. The summed E-state index contributed by atoms with van der Waals surface area (Å²) in [4.78, 5) is 13.2. The van der Waals surface area contributed by atoms with Crippen LogP contribution >= 0.6 is 0 Å². The van der Waals surface area contributed by atoms with E-state index in [0.717, 1.165) is 31.7 Å². The van der Waals surface area contributed by atoms with E-state index in [4.69, 9.17) is 9.84 Å². The van der Waals surface area contributed by atoms with Crippen molar-refractivity contribution in [2.24, 2.45) is 5.92 Å². The minimum Gasteiger partial charge on any atom is -0.497 e. The number of hydrogen-bond donors (Lipinski definition) is 1. The van der Waals surface area contributed by atoms with Crippen LogP contribution in [-0.2, 0) is 11.3 Å². The van der Waals surface area contributed by atoms with Crippen molar-refractivity contribution >= 4 is 5.97 Å². The van der Waals surface area contributed by atoms with Crippen LogP contribution in [-0.4, -0.2) is 29.6 Å². The number of nitrogens with zero attached hydrogens (tertiary/aromatic N) is 1. The van der Waals surface area contributed by atoms with Crippen LogP contribution in [0.5, 0.6) is 5.75 Å². The lowest BCUT2D eigenvalue weighted by molar-refractivity contribution is -0.136. The fourth-order valence-corrected chi connectivity index (χ4v) is 4.07. The van der Waals surface area contributed by atoms with Crippen LogP contribution in [0, 0.1) is 5.92 Å². The van der Waals surface area contributed by atoms with Crippen molar-refractivity contribution in [1.82, 2.24) is 4.90 Å². The van der Waals surface area contributed by atoms with Gasteiger partial charge < -0.3 is 9.84 Å². The number of hydrogen-bond acceptors (Lipinski definition) is 3. The molecule has 2 unspecified atom stereocenters. The predicted octanol–water partition coefficient (Wildman–Crippen LogP) is 5.07. The number of carboxylic acid groups (broad SMARTS) is 1. The zero-order chi connectivity index (χ0) is 19.8. The van der Waals surface area contributed by atoms with Crippen molar-refractivity contribution in [2.75, 3.05) is 13.7 Å². The summed E-state index contributed by atoms with van der Waals surface area (Å²) in [5.41, 5.74) is 2.62. The monoisotopic (exact) mass is 379 g/mol. The summed E-state index contributed by atoms with van der Waals surface area (Å²) in [7, 11) is 1.71. The number of carbonyl (C=O) groups is 1. The lowest BCUT2D eigenvalue weighted by Gasteiger charge is -2.29. The second-order valence-electron chi connectivity index (χ2n) is 7.37. The zero-order valence-corrected chi connectivity index (χ0v) is 16.5. The van der Waals surface area contributed by atoms with Gasteiger partial charge in [0.15, 0.2) is 0 Å². The molecule has 2 atom stereocenters. The summed E-state index contributed by atoms with van der Waals surface area (Å²) in [5, 5.41) is 8.79. The Morgan fingerprint density at radius 3 is 2.75 bits per heavy atom. The van der Waals surface area contributed by atoms with Gasteiger partial charge in [0, 0.05) is 19.0 Å². The molecular weight excluding hydrogens is 350 g/mol. The van der Waals surface area contributed by atoms with E-state index in [1.54, 1.807) is 7.11 Å². The van der Waals surface area contributed by atoms with Crippen LogP contribution in [0.2, 0.25) is 0 Å². The average Bonchev–Trinajstić information content (AvgIpc) is 3.10. The number of benzene rings is 2. The maximum Gasteiger partial charge on any atom is 0.303 e. The van der Waals surface area contributed by atoms with Gasteiger partial charge in [0.2, 0.25) is 0 Å². The molecule has 0 radical (unpaired) electrons. The minimum atomic E-state index is -0.742. The van der Waals surface area contributed by atoms with Crippen LogP contribution in [0.3, 0.4) is 0 Å². The van der Waals surface area contributed by atoms with Gasteiger partial charge in [-0.2, -0.15) is 0 Å². The average molecular weight is 380 g/mol. The lowest BCUT2D eigenvalue weighted by atomic mass is 9.90. The Morgan fingerprint density at radius 1 is 1.18 bits per heavy atom. The number of allylic oxidation sites excluding steroid dienone is 2. The molecule has 0 saturated carbocycles. The summed E-state index contributed by atoms with van der Waals surface area (Å²) in [5.74, 6) is 0.658. The molecule has 0 bridgehead atoms. The highest BCUT2D eigenvalue weighted by molar-refractivity contribution is 5.66. The second-order valence-corrected chi connectivity index (χ2v) is 7.37. The van der Waals surface area contributed by atoms with E-state index in [1.165, 1.54) is 11.1 Å². The number of rotatable bonds is 9. The molecule has 0 amide bonds. The van der Waals surface area contributed by atoms with Gasteiger partial charge in [-0.1, -0.05) is 54.6 Å². The number of aliphatic carboxylic acids is 1. The highest BCUT2D eigenvalue weighted by Crippen LogP contribution is 2.41. The normalized spacial score (nSPS) is 19.9. The van der Waals surface area contributed by atoms with Crippen LogP contribution < -0.4 is 4.74 Å². The van der Waals surface area contributed by atoms with Crippen LogP contribution in [0.25, 0.3) is 0 Å². The predicted molar refractivity (Wildman–Crippen MR) is 111 cm³/mol. The van der Waals surface area contributed by atoms with Gasteiger partial charge in [0.1, 0.15) is 5.75 Å². The molecule has 1 fully saturated rings. The standard InChI is InChI=1S/C24H29NO3/c1-28-22-13-8-12-21(17-22)24-20(11-6-3-7-14-23(26)27)15-16-25(24)18-19-9-4-2-5-10-19/h2-6,8-10,12-13,17,20,24H,7,11,14-16,18H2,1H3,(H,26,27)/b6-3-. The van der Waals surface area contributed by atoms with E-state index in [9.17, 15) is 4.79 Å². The van der Waals surface area contributed by atoms with Gasteiger partial charge in [-0.25, -0.2) is 0 Å². The lowest BCUT2D eigenvalue weighted by Crippen LogP contribution is -2.25. The zero-order valence-electron chi connectivity index (χ0n) is 16.5. The molecule has 2 aromatic rings. The van der Waals surface area contributed by atoms with E-state index in [-0.39, 0.29) is 6.42 Å². The summed E-state index contributed by atoms with van der Waals surface area (Å²) < 4.78 is 5.45. The first-order valence-electron chi connectivity index (χ1n) is 9.96. The van der Waals surface area contributed by atoms with Crippen molar-refractivity contribution in [3.05, 3.63) is 77.9 Å². The van der Waals surface area contributed by atoms with E-state index >= 15 is 0 Å². The van der Waals surface area contributed by atoms with E-state index in [2.05, 4.69) is 59.5 Å². The number of likely N-dealkylation sites (tertiary alicyclic amines) is 1. The molecule has 4 heteroatoms. The molecule has 3 rings (SSSR count). The largest absolute Gasteiger partial charge is 0.497 e. The molecule has 0 spiro atoms. The van der Waals surface area contributed by atoms with Gasteiger partial charge in [-0.15, -0.1) is 0 Å². The Kier molecular flexibility index (Phi) is 7.26. The van der Waals surface area contributed by atoms with Crippen molar-refractivity contribution in [1.29, 1.82) is 0 Å². The molecule has 1 N–H and O–H groups in total. The summed E-state index contributed by atoms with van der Waals surface area (Å²) in [6, 6.07) is 19.3. The van der Waals surface area contributed by atoms with Gasteiger partial charge in [0.05, 0.1) is 7.11 Å². The highest BCUT2D eigenvalue weighted by atomic mass is 16.5. The number of carboxylic acids is 1. The van der Waals surface area contributed by atoms with Crippen molar-refractivity contribution in [2.45, 2.75) is 38.3 Å². The summed E-state index contributed by atoms with van der Waals surface area (Å²) in [6.07, 6.45) is 7.06. The smallest absolute Gasteiger partial charge is 0.303 e. The first-order chi connectivity index (χ1) is 13.7. The molecule has 0 aliphatic carbocycles. The Balaban J connectivity index is 1.75. The second kappa shape index (κ2) is 10.1. The molecule has 4 nitrogen and oxygen atoms in total. The van der Waals surface area contributed by atoms with Gasteiger partial charge >= 0.3 is 5.97 Å². The van der Waals surface area contributed by atoms with E-state index < -0.39 is 5.97 Å². The quantitative estimate of drug-likeness (QED) is 0.618. The van der Waals surface area contributed by atoms with Gasteiger partial charge in [-0.05, 0) is 55.0 Å². The molecule has 1 aliphatic rings. The first-order valence-corrected chi connectivity index (χ1v) is 9.96. The molecule has 1 heterocycles.